The summed E-state index contributed by atoms with van der Waals surface area (Å²) in [5, 5.41) is 6.84. The first-order chi connectivity index (χ1) is 9.29. The molecule has 2 heterocycles. The molecule has 2 rings (SSSR count). The van der Waals surface area contributed by atoms with E-state index in [4.69, 9.17) is 9.57 Å². The number of carbonyl (C=O) groups excluding carboxylic acids is 1. The molecule has 0 saturated carbocycles. The van der Waals surface area contributed by atoms with Crippen LogP contribution in [-0.2, 0) is 14.4 Å². The van der Waals surface area contributed by atoms with Crippen molar-refractivity contribution in [2.45, 2.75) is 51.6 Å². The summed E-state index contributed by atoms with van der Waals surface area (Å²) in [6.45, 7) is 4.42. The summed E-state index contributed by atoms with van der Waals surface area (Å²) >= 11 is 0. The number of unbranched alkanes of at least 4 members (excludes halogenated alkanes) is 2. The van der Waals surface area contributed by atoms with Crippen LogP contribution in [0.5, 0.6) is 0 Å². The van der Waals surface area contributed by atoms with Gasteiger partial charge in [-0.05, 0) is 19.3 Å². The van der Waals surface area contributed by atoms with E-state index in [1.165, 1.54) is 12.8 Å². The molecule has 108 valence electrons. The molecule has 2 aliphatic heterocycles. The molecule has 2 unspecified atom stereocenters. The number of ether oxygens (including phenoxy) is 1. The van der Waals surface area contributed by atoms with E-state index in [0.29, 0.717) is 24.6 Å². The van der Waals surface area contributed by atoms with Gasteiger partial charge in [-0.3, -0.25) is 4.79 Å². The Balaban J connectivity index is 1.63. The topological polar surface area (TPSA) is 59.9 Å². The zero-order chi connectivity index (χ0) is 13.5. The second-order valence-corrected chi connectivity index (χ2v) is 5.40. The molecule has 1 amide bonds. The third kappa shape index (κ3) is 4.49. The van der Waals surface area contributed by atoms with Gasteiger partial charge in [0, 0.05) is 25.5 Å². The largest absolute Gasteiger partial charge is 0.392 e. The Hall–Kier alpha value is -1.10. The molecule has 0 aromatic carbocycles. The van der Waals surface area contributed by atoms with Gasteiger partial charge in [0.05, 0.1) is 6.61 Å². The van der Waals surface area contributed by atoms with Gasteiger partial charge in [0.25, 0.3) is 5.91 Å². The maximum atomic E-state index is 11.9. The summed E-state index contributed by atoms with van der Waals surface area (Å²) in [4.78, 5) is 17.2. The summed E-state index contributed by atoms with van der Waals surface area (Å²) in [5.74, 6) is 0.372. The molecule has 0 aliphatic carbocycles. The van der Waals surface area contributed by atoms with E-state index in [2.05, 4.69) is 17.4 Å². The molecule has 5 heteroatoms. The van der Waals surface area contributed by atoms with Crippen LogP contribution in [-0.4, -0.2) is 37.5 Å². The number of amides is 1. The first-order valence-electron chi connectivity index (χ1n) is 7.38. The lowest BCUT2D eigenvalue weighted by molar-refractivity contribution is -0.115. The highest BCUT2D eigenvalue weighted by Gasteiger charge is 2.26. The minimum Gasteiger partial charge on any atom is -0.392 e. The van der Waals surface area contributed by atoms with Gasteiger partial charge in [0.1, 0.15) is 11.8 Å². The standard InChI is InChI=1S/C14H24N2O3/c1-2-3-4-5-12-8-13(16-19-12)14(17)15-9-11-6-7-18-10-11/h11-12H,2-10H2,1H3,(H,15,17). The molecular weight excluding hydrogens is 244 g/mol. The summed E-state index contributed by atoms with van der Waals surface area (Å²) in [5.41, 5.74) is 0.542. The van der Waals surface area contributed by atoms with E-state index in [1.54, 1.807) is 0 Å². The molecule has 0 aromatic heterocycles. The molecule has 2 aliphatic rings. The van der Waals surface area contributed by atoms with Gasteiger partial charge >= 0.3 is 0 Å². The fourth-order valence-corrected chi connectivity index (χ4v) is 2.42. The van der Waals surface area contributed by atoms with Crippen molar-refractivity contribution in [3.8, 4) is 0 Å². The lowest BCUT2D eigenvalue weighted by Gasteiger charge is -2.09. The Morgan fingerprint density at radius 2 is 2.37 bits per heavy atom. The van der Waals surface area contributed by atoms with Crippen molar-refractivity contribution in [1.82, 2.24) is 5.32 Å². The zero-order valence-corrected chi connectivity index (χ0v) is 11.7. The number of hydrogen-bond acceptors (Lipinski definition) is 4. The predicted octanol–water partition coefficient (Wildman–Crippen LogP) is 1.86. The Morgan fingerprint density at radius 3 is 3.11 bits per heavy atom. The fourth-order valence-electron chi connectivity index (χ4n) is 2.42. The Morgan fingerprint density at radius 1 is 1.47 bits per heavy atom. The third-order valence-electron chi connectivity index (χ3n) is 3.70. The number of oxime groups is 1. The fraction of sp³-hybridized carbons (Fsp3) is 0.857. The molecule has 0 aromatic rings. The van der Waals surface area contributed by atoms with Gasteiger partial charge in [0.2, 0.25) is 0 Å². The van der Waals surface area contributed by atoms with Crippen molar-refractivity contribution >= 4 is 11.6 Å². The monoisotopic (exact) mass is 268 g/mol. The first kappa shape index (κ1) is 14.3. The third-order valence-corrected chi connectivity index (χ3v) is 3.70. The van der Waals surface area contributed by atoms with Crippen LogP contribution in [0.1, 0.15) is 45.4 Å². The Bertz CT molecular complexity index is 325. The summed E-state index contributed by atoms with van der Waals surface area (Å²) < 4.78 is 5.28. The van der Waals surface area contributed by atoms with E-state index < -0.39 is 0 Å². The van der Waals surface area contributed by atoms with E-state index in [1.807, 2.05) is 0 Å². The number of nitrogens with one attached hydrogen (secondary N) is 1. The van der Waals surface area contributed by atoms with Crippen LogP contribution >= 0.6 is 0 Å². The molecule has 5 nitrogen and oxygen atoms in total. The minimum absolute atomic E-state index is 0.0788. The van der Waals surface area contributed by atoms with Crippen molar-refractivity contribution in [3.63, 3.8) is 0 Å². The van der Waals surface area contributed by atoms with E-state index in [-0.39, 0.29) is 12.0 Å². The molecule has 1 fully saturated rings. The maximum Gasteiger partial charge on any atom is 0.269 e. The molecule has 0 radical (unpaired) electrons. The van der Waals surface area contributed by atoms with Crippen molar-refractivity contribution in [1.29, 1.82) is 0 Å². The highest BCUT2D eigenvalue weighted by molar-refractivity contribution is 6.39. The molecule has 1 saturated heterocycles. The average molecular weight is 268 g/mol. The van der Waals surface area contributed by atoms with Crippen LogP contribution < -0.4 is 5.32 Å². The second kappa shape index (κ2) is 7.48. The summed E-state index contributed by atoms with van der Waals surface area (Å²) in [6, 6.07) is 0. The highest BCUT2D eigenvalue weighted by Crippen LogP contribution is 2.17. The molecule has 0 spiro atoms. The van der Waals surface area contributed by atoms with E-state index >= 15 is 0 Å². The second-order valence-electron chi connectivity index (χ2n) is 5.40. The van der Waals surface area contributed by atoms with Crippen LogP contribution in [0.3, 0.4) is 0 Å². The number of nitrogens with zero attached hydrogens (tertiary/aromatic N) is 1. The maximum absolute atomic E-state index is 11.9. The zero-order valence-electron chi connectivity index (χ0n) is 11.7. The number of carbonyl (C=O) groups is 1. The van der Waals surface area contributed by atoms with E-state index in [9.17, 15) is 4.79 Å². The van der Waals surface area contributed by atoms with Crippen LogP contribution in [0.25, 0.3) is 0 Å². The van der Waals surface area contributed by atoms with Crippen LogP contribution in [0.4, 0.5) is 0 Å². The molecule has 19 heavy (non-hydrogen) atoms. The molecule has 0 bridgehead atoms. The lowest BCUT2D eigenvalue weighted by Crippen LogP contribution is -2.34. The van der Waals surface area contributed by atoms with Gasteiger partial charge in [-0.1, -0.05) is 24.9 Å². The Labute approximate surface area is 114 Å². The minimum atomic E-state index is -0.0788. The average Bonchev–Trinajstić information content (AvgIpc) is 3.07. The summed E-state index contributed by atoms with van der Waals surface area (Å²) in [6.07, 6.45) is 6.32. The first-order valence-corrected chi connectivity index (χ1v) is 7.38. The lowest BCUT2D eigenvalue weighted by atomic mass is 10.1. The van der Waals surface area contributed by atoms with Crippen molar-refractivity contribution in [2.75, 3.05) is 19.8 Å². The van der Waals surface area contributed by atoms with Gasteiger partial charge in [0.15, 0.2) is 0 Å². The van der Waals surface area contributed by atoms with Crippen molar-refractivity contribution < 1.29 is 14.4 Å². The summed E-state index contributed by atoms with van der Waals surface area (Å²) in [7, 11) is 0. The quantitative estimate of drug-likeness (QED) is 0.717. The van der Waals surface area contributed by atoms with Crippen LogP contribution in [0.2, 0.25) is 0 Å². The van der Waals surface area contributed by atoms with Crippen LogP contribution in [0, 0.1) is 5.92 Å². The molecule has 2 atom stereocenters. The molecule has 1 N–H and O–H groups in total. The van der Waals surface area contributed by atoms with Crippen molar-refractivity contribution in [2.24, 2.45) is 11.1 Å². The van der Waals surface area contributed by atoms with Gasteiger partial charge in [-0.25, -0.2) is 0 Å². The SMILES string of the molecule is CCCCCC1CC(C(=O)NCC2CCOC2)=NO1. The normalized spacial score (nSPS) is 26.1. The van der Waals surface area contributed by atoms with Crippen LogP contribution in [0.15, 0.2) is 5.16 Å². The number of hydrogen-bond donors (Lipinski definition) is 1. The Kier molecular flexibility index (Phi) is 5.63. The van der Waals surface area contributed by atoms with E-state index in [0.717, 1.165) is 32.5 Å². The van der Waals surface area contributed by atoms with Gasteiger partial charge in [-0.2, -0.15) is 0 Å². The molecular formula is C14H24N2O3. The van der Waals surface area contributed by atoms with Gasteiger partial charge < -0.3 is 14.9 Å². The predicted molar refractivity (Wildman–Crippen MR) is 73.0 cm³/mol. The highest BCUT2D eigenvalue weighted by atomic mass is 16.6. The van der Waals surface area contributed by atoms with Gasteiger partial charge in [-0.15, -0.1) is 0 Å². The number of rotatable bonds is 7. The smallest absolute Gasteiger partial charge is 0.269 e. The van der Waals surface area contributed by atoms with Crippen molar-refractivity contribution in [3.05, 3.63) is 0 Å².